The zero-order valence-corrected chi connectivity index (χ0v) is 20.5. The minimum Gasteiger partial charge on any atom is -0.384 e. The number of carbonyl (C=O) groups excluding carboxylic acids is 2. The van der Waals surface area contributed by atoms with Gasteiger partial charge in [-0.05, 0) is 60.4 Å². The largest absolute Gasteiger partial charge is 0.384 e. The normalized spacial score (nSPS) is 12.6. The fraction of sp³-hybridized carbons (Fsp3) is 0.240. The first-order chi connectivity index (χ1) is 16.6. The van der Waals surface area contributed by atoms with Crippen LogP contribution in [0.4, 0.5) is 10.2 Å². The van der Waals surface area contributed by atoms with Gasteiger partial charge in [0.1, 0.15) is 17.7 Å². The van der Waals surface area contributed by atoms with Crippen LogP contribution in [0.2, 0.25) is 10.0 Å². The van der Waals surface area contributed by atoms with Gasteiger partial charge in [0, 0.05) is 18.7 Å². The van der Waals surface area contributed by atoms with Crippen LogP contribution >= 0.6 is 23.2 Å². The monoisotopic (exact) mass is 517 g/mol. The highest BCUT2D eigenvalue weighted by Gasteiger charge is 2.25. The van der Waals surface area contributed by atoms with Crippen molar-refractivity contribution in [3.8, 4) is 0 Å². The number of benzene rings is 2. The summed E-state index contributed by atoms with van der Waals surface area (Å²) in [6.07, 6.45) is 0.347. The molecule has 3 aromatic rings. The van der Waals surface area contributed by atoms with E-state index in [0.29, 0.717) is 32.7 Å². The summed E-state index contributed by atoms with van der Waals surface area (Å²) >= 11 is 12.1. The lowest BCUT2D eigenvalue weighted by Crippen LogP contribution is -2.53. The van der Waals surface area contributed by atoms with Gasteiger partial charge < -0.3 is 22.1 Å². The highest BCUT2D eigenvalue weighted by molar-refractivity contribution is 6.42. The molecule has 6 N–H and O–H groups in total. The van der Waals surface area contributed by atoms with Crippen LogP contribution in [0.25, 0.3) is 0 Å². The molecule has 7 nitrogen and oxygen atoms in total. The van der Waals surface area contributed by atoms with Crippen LogP contribution < -0.4 is 22.1 Å². The summed E-state index contributed by atoms with van der Waals surface area (Å²) in [5, 5.41) is 6.28. The van der Waals surface area contributed by atoms with E-state index in [4.69, 9.17) is 34.7 Å². The van der Waals surface area contributed by atoms with Crippen molar-refractivity contribution >= 4 is 40.8 Å². The molecule has 0 unspecified atom stereocenters. The smallest absolute Gasteiger partial charge is 0.243 e. The van der Waals surface area contributed by atoms with Gasteiger partial charge in [0.15, 0.2) is 0 Å². The number of halogens is 3. The number of pyridine rings is 1. The zero-order valence-electron chi connectivity index (χ0n) is 19.0. The molecule has 1 heterocycles. The Labute approximate surface area is 213 Å². The first kappa shape index (κ1) is 26.4. The Morgan fingerprint density at radius 2 is 1.66 bits per heavy atom. The summed E-state index contributed by atoms with van der Waals surface area (Å²) in [6.45, 7) is 1.99. The molecule has 0 aliphatic rings. The van der Waals surface area contributed by atoms with E-state index < -0.39 is 23.9 Å². The van der Waals surface area contributed by atoms with Gasteiger partial charge in [-0.25, -0.2) is 9.37 Å². The van der Waals surface area contributed by atoms with E-state index in [2.05, 4.69) is 15.6 Å². The molecule has 0 fully saturated rings. The number of amides is 2. The molecule has 0 saturated heterocycles. The molecule has 0 saturated carbocycles. The molecule has 0 radical (unpaired) electrons. The molecule has 2 atom stereocenters. The van der Waals surface area contributed by atoms with E-state index >= 15 is 0 Å². The summed E-state index contributed by atoms with van der Waals surface area (Å²) in [5.74, 6) is -0.913. The second kappa shape index (κ2) is 12.0. The Kier molecular flexibility index (Phi) is 9.03. The molecule has 3 rings (SSSR count). The van der Waals surface area contributed by atoms with E-state index in [1.807, 2.05) is 0 Å². The Morgan fingerprint density at radius 1 is 0.971 bits per heavy atom. The number of nitrogens with one attached hydrogen (secondary N) is 2. The summed E-state index contributed by atoms with van der Waals surface area (Å²) in [5.41, 5.74) is 14.7. The maximum atomic E-state index is 13.2. The minimum atomic E-state index is -0.937. The lowest BCUT2D eigenvalue weighted by Gasteiger charge is -2.21. The van der Waals surface area contributed by atoms with Crippen molar-refractivity contribution in [3.63, 3.8) is 0 Å². The molecule has 10 heteroatoms. The molecule has 0 aliphatic heterocycles. The SMILES string of the molecule is Cc1nc(N)ccc1CNC(=O)[C@H](Cc1ccc(Cl)c(Cl)c1)NC(=O)[C@H](N)Cc1ccc(F)cc1. The third kappa shape index (κ3) is 7.65. The first-order valence-corrected chi connectivity index (χ1v) is 11.6. The van der Waals surface area contributed by atoms with E-state index in [1.54, 1.807) is 49.4 Å². The molecule has 0 aliphatic carbocycles. The van der Waals surface area contributed by atoms with Gasteiger partial charge >= 0.3 is 0 Å². The summed E-state index contributed by atoms with van der Waals surface area (Å²) in [6, 6.07) is 12.3. The number of anilines is 1. The molecule has 0 spiro atoms. The maximum Gasteiger partial charge on any atom is 0.243 e. The van der Waals surface area contributed by atoms with Crippen LogP contribution in [-0.4, -0.2) is 28.9 Å². The zero-order chi connectivity index (χ0) is 25.5. The van der Waals surface area contributed by atoms with Gasteiger partial charge in [0.2, 0.25) is 11.8 Å². The molecular weight excluding hydrogens is 492 g/mol. The minimum absolute atomic E-state index is 0.163. The lowest BCUT2D eigenvalue weighted by atomic mass is 10.0. The maximum absolute atomic E-state index is 13.2. The van der Waals surface area contributed by atoms with Crippen LogP contribution in [0.5, 0.6) is 0 Å². The Balaban J connectivity index is 1.72. The molecule has 2 amide bonds. The molecule has 2 aromatic carbocycles. The Bertz CT molecular complexity index is 1210. The third-order valence-corrected chi connectivity index (χ3v) is 6.17. The molecule has 0 bridgehead atoms. The lowest BCUT2D eigenvalue weighted by molar-refractivity contribution is -0.129. The van der Waals surface area contributed by atoms with Gasteiger partial charge in [-0.15, -0.1) is 0 Å². The number of nitrogen functional groups attached to an aromatic ring is 1. The van der Waals surface area contributed by atoms with Crippen LogP contribution in [-0.2, 0) is 29.0 Å². The number of hydrogen-bond acceptors (Lipinski definition) is 5. The van der Waals surface area contributed by atoms with E-state index in [1.165, 1.54) is 12.1 Å². The molecule has 35 heavy (non-hydrogen) atoms. The van der Waals surface area contributed by atoms with E-state index in [9.17, 15) is 14.0 Å². The highest BCUT2D eigenvalue weighted by atomic mass is 35.5. The van der Waals surface area contributed by atoms with E-state index in [0.717, 1.165) is 5.56 Å². The summed E-state index contributed by atoms with van der Waals surface area (Å²) in [7, 11) is 0. The molecule has 184 valence electrons. The number of nitrogens with two attached hydrogens (primary N) is 2. The van der Waals surface area contributed by atoms with Crippen molar-refractivity contribution in [1.29, 1.82) is 0 Å². The predicted octanol–water partition coefficient (Wildman–Crippen LogP) is 3.33. The van der Waals surface area contributed by atoms with E-state index in [-0.39, 0.29) is 25.2 Å². The number of hydrogen-bond donors (Lipinski definition) is 4. The van der Waals surface area contributed by atoms with Gasteiger partial charge in [-0.3, -0.25) is 9.59 Å². The van der Waals surface area contributed by atoms with Gasteiger partial charge in [-0.2, -0.15) is 0 Å². The predicted molar refractivity (Wildman–Crippen MR) is 135 cm³/mol. The van der Waals surface area contributed by atoms with Crippen molar-refractivity contribution in [2.75, 3.05) is 5.73 Å². The summed E-state index contributed by atoms with van der Waals surface area (Å²) < 4.78 is 13.2. The molecule has 1 aromatic heterocycles. The topological polar surface area (TPSA) is 123 Å². The van der Waals surface area contributed by atoms with Crippen LogP contribution in [0, 0.1) is 12.7 Å². The van der Waals surface area contributed by atoms with Crippen molar-refractivity contribution in [2.24, 2.45) is 5.73 Å². The van der Waals surface area contributed by atoms with Gasteiger partial charge in [0.05, 0.1) is 16.1 Å². The Morgan fingerprint density at radius 3 is 2.31 bits per heavy atom. The fourth-order valence-electron chi connectivity index (χ4n) is 3.46. The number of rotatable bonds is 9. The number of aryl methyl sites for hydroxylation is 1. The van der Waals surface area contributed by atoms with Crippen molar-refractivity contribution < 1.29 is 14.0 Å². The summed E-state index contributed by atoms with van der Waals surface area (Å²) in [4.78, 5) is 30.1. The van der Waals surface area contributed by atoms with Crippen molar-refractivity contribution in [1.82, 2.24) is 15.6 Å². The highest BCUT2D eigenvalue weighted by Crippen LogP contribution is 2.23. The quantitative estimate of drug-likeness (QED) is 0.346. The number of aromatic nitrogens is 1. The number of nitrogens with zero attached hydrogens (tertiary/aromatic N) is 1. The first-order valence-electron chi connectivity index (χ1n) is 10.9. The Hall–Kier alpha value is -3.20. The van der Waals surface area contributed by atoms with Crippen LogP contribution in [0.1, 0.15) is 22.4 Å². The fourth-order valence-corrected chi connectivity index (χ4v) is 3.78. The average molecular weight is 518 g/mol. The molecular formula is C25H26Cl2FN5O2. The average Bonchev–Trinajstić information content (AvgIpc) is 2.81. The van der Waals surface area contributed by atoms with Gasteiger partial charge in [-0.1, -0.05) is 47.5 Å². The van der Waals surface area contributed by atoms with Gasteiger partial charge in [0.25, 0.3) is 0 Å². The van der Waals surface area contributed by atoms with Crippen LogP contribution in [0.15, 0.2) is 54.6 Å². The third-order valence-electron chi connectivity index (χ3n) is 5.43. The van der Waals surface area contributed by atoms with Crippen LogP contribution in [0.3, 0.4) is 0 Å². The van der Waals surface area contributed by atoms with Crippen molar-refractivity contribution in [2.45, 2.75) is 38.4 Å². The second-order valence-electron chi connectivity index (χ2n) is 8.15. The number of carbonyl (C=O) groups is 2. The standard InChI is InChI=1S/C25H26Cl2FN5O2/c1-14-17(5-9-23(30)32-14)13-31-25(35)22(12-16-4-8-19(26)20(27)10-16)33-24(34)21(29)11-15-2-6-18(28)7-3-15/h2-10,21-22H,11-13,29H2,1H3,(H2,30,32)(H,31,35)(H,33,34)/t21-,22+/m1/s1. The second-order valence-corrected chi connectivity index (χ2v) is 8.96. The van der Waals surface area contributed by atoms with Crippen molar-refractivity contribution in [3.05, 3.63) is 92.8 Å².